The van der Waals surface area contributed by atoms with Crippen LogP contribution in [-0.4, -0.2) is 65.0 Å². The highest BCUT2D eigenvalue weighted by Gasteiger charge is 2.82. The molecular weight excluding hydrogens is 504 g/mol. The number of phenols is 1. The Morgan fingerprint density at radius 2 is 1.82 bits per heavy atom. The summed E-state index contributed by atoms with van der Waals surface area (Å²) in [4.78, 5) is 28.1. The van der Waals surface area contributed by atoms with E-state index in [1.165, 1.54) is 45.4 Å². The maximum absolute atomic E-state index is 14.1. The van der Waals surface area contributed by atoms with Gasteiger partial charge in [0.25, 0.3) is 0 Å². The van der Waals surface area contributed by atoms with Crippen LogP contribution in [0.4, 0.5) is 5.69 Å². The molecule has 10 heteroatoms. The van der Waals surface area contributed by atoms with E-state index >= 15 is 0 Å². The van der Waals surface area contributed by atoms with E-state index in [4.69, 9.17) is 19.9 Å². The molecule has 0 radical (unpaired) electrons. The lowest BCUT2D eigenvalue weighted by atomic mass is 9.69. The Labute approximate surface area is 223 Å². The van der Waals surface area contributed by atoms with Gasteiger partial charge >= 0.3 is 0 Å². The van der Waals surface area contributed by atoms with Gasteiger partial charge in [-0.15, -0.1) is 0 Å². The lowest BCUT2D eigenvalue weighted by Crippen LogP contribution is -2.54. The van der Waals surface area contributed by atoms with E-state index in [2.05, 4.69) is 29.0 Å². The number of ether oxygens (including phenoxy) is 3. The summed E-state index contributed by atoms with van der Waals surface area (Å²) in [5.41, 5.74) is 3.11. The van der Waals surface area contributed by atoms with Crippen molar-refractivity contribution in [2.24, 2.45) is 5.73 Å². The number of aromatic hydroxyl groups is 1. The molecule has 2 aromatic carbocycles. The fourth-order valence-electron chi connectivity index (χ4n) is 6.18. The summed E-state index contributed by atoms with van der Waals surface area (Å²) in [5, 5.41) is 36.5. The van der Waals surface area contributed by atoms with E-state index in [9.17, 15) is 24.9 Å². The standard InChI is InChI=1S/C29H24N2O8/c1-13(32)28-19-8-6-4-5-7-9-20(34)29(28,39-28)16-11-17(33)22-23(24(16)31-19)25(35)14-10-18(37-2)15(12-30)27(38-3)21(14)26(22)36/h4-5,10-11,13,19-20,31-34H,12,30H2,1-3H3/b5-4-/t13-,19+,20+,28+,29+/m1/s1. The number of hydrogen-bond donors (Lipinski definition) is 5. The van der Waals surface area contributed by atoms with Crippen molar-refractivity contribution in [2.75, 3.05) is 19.5 Å². The minimum absolute atomic E-state index is 0.00171. The third-order valence-corrected chi connectivity index (χ3v) is 7.89. The third kappa shape index (κ3) is 2.92. The van der Waals surface area contributed by atoms with Crippen molar-refractivity contribution in [1.82, 2.24) is 0 Å². The number of benzene rings is 2. The van der Waals surface area contributed by atoms with Crippen LogP contribution in [0.15, 0.2) is 24.3 Å². The fraction of sp³-hybridized carbons (Fsp3) is 0.310. The van der Waals surface area contributed by atoms with Crippen LogP contribution in [0.3, 0.4) is 0 Å². The van der Waals surface area contributed by atoms with Gasteiger partial charge in [0, 0.05) is 17.7 Å². The number of allylic oxidation sites excluding steroid dienone is 2. The number of rotatable bonds is 4. The molecule has 5 atom stereocenters. The lowest BCUT2D eigenvalue weighted by molar-refractivity contribution is 0.0867. The van der Waals surface area contributed by atoms with Crippen LogP contribution in [0, 0.1) is 23.7 Å². The molecule has 4 aliphatic rings. The average molecular weight is 529 g/mol. The summed E-state index contributed by atoms with van der Waals surface area (Å²) in [6, 6.07) is 1.77. The lowest BCUT2D eigenvalue weighted by Gasteiger charge is -2.37. The molecule has 6 N–H and O–H groups in total. The number of methoxy groups -OCH3 is 2. The molecule has 2 bridgehead atoms. The van der Waals surface area contributed by atoms with E-state index in [0.717, 1.165) is 0 Å². The highest BCUT2D eigenvalue weighted by molar-refractivity contribution is 6.32. The molecule has 198 valence electrons. The number of carbonyl (C=O) groups excluding carboxylic acids is 2. The summed E-state index contributed by atoms with van der Waals surface area (Å²) in [7, 11) is 2.76. The molecule has 0 spiro atoms. The first-order valence-electron chi connectivity index (χ1n) is 12.2. The van der Waals surface area contributed by atoms with Crippen molar-refractivity contribution >= 4 is 17.3 Å². The second-order valence-electron chi connectivity index (χ2n) is 9.64. The number of nitrogens with two attached hydrogens (primary N) is 1. The van der Waals surface area contributed by atoms with Crippen LogP contribution in [0.2, 0.25) is 0 Å². The predicted octanol–water partition coefficient (Wildman–Crippen LogP) is 0.720. The van der Waals surface area contributed by atoms with Crippen LogP contribution < -0.4 is 20.5 Å². The van der Waals surface area contributed by atoms with Gasteiger partial charge in [-0.05, 0) is 31.2 Å². The number of nitrogens with one attached hydrogen (secondary N) is 1. The van der Waals surface area contributed by atoms with Gasteiger partial charge in [-0.2, -0.15) is 0 Å². The Bertz CT molecular complexity index is 1650. The summed E-state index contributed by atoms with van der Waals surface area (Å²) >= 11 is 0. The average Bonchev–Trinajstić information content (AvgIpc) is 3.65. The zero-order valence-electron chi connectivity index (χ0n) is 21.2. The Balaban J connectivity index is 1.67. The molecule has 0 amide bonds. The van der Waals surface area contributed by atoms with Crippen molar-refractivity contribution in [3.63, 3.8) is 0 Å². The number of carbonyl (C=O) groups is 2. The second-order valence-corrected chi connectivity index (χ2v) is 9.64. The Morgan fingerprint density at radius 1 is 1.10 bits per heavy atom. The molecule has 0 aromatic heterocycles. The molecule has 2 aliphatic carbocycles. The van der Waals surface area contributed by atoms with Crippen molar-refractivity contribution in [1.29, 1.82) is 0 Å². The van der Waals surface area contributed by atoms with E-state index in [0.29, 0.717) is 5.56 Å². The van der Waals surface area contributed by atoms with Crippen LogP contribution >= 0.6 is 0 Å². The molecule has 0 saturated carbocycles. The molecule has 2 aliphatic heterocycles. The third-order valence-electron chi connectivity index (χ3n) is 7.89. The normalized spacial score (nSPS) is 28.5. The molecule has 2 aromatic rings. The van der Waals surface area contributed by atoms with Gasteiger partial charge in [-0.1, -0.05) is 23.7 Å². The van der Waals surface area contributed by atoms with Gasteiger partial charge in [-0.25, -0.2) is 0 Å². The Kier molecular flexibility index (Phi) is 5.34. The van der Waals surface area contributed by atoms with Crippen molar-refractivity contribution in [2.45, 2.75) is 42.9 Å². The van der Waals surface area contributed by atoms with E-state index < -0.39 is 46.8 Å². The summed E-state index contributed by atoms with van der Waals surface area (Å²) in [6.07, 6.45) is 0.358. The molecule has 39 heavy (non-hydrogen) atoms. The highest BCUT2D eigenvalue weighted by Crippen LogP contribution is 2.67. The largest absolute Gasteiger partial charge is 0.507 e. The smallest absolute Gasteiger partial charge is 0.202 e. The van der Waals surface area contributed by atoms with Crippen LogP contribution in [0.1, 0.15) is 49.9 Å². The van der Waals surface area contributed by atoms with Gasteiger partial charge in [0.2, 0.25) is 5.78 Å². The zero-order chi connectivity index (χ0) is 27.9. The van der Waals surface area contributed by atoms with Crippen LogP contribution in [0.25, 0.3) is 0 Å². The number of fused-ring (bicyclic) bond motifs is 4. The molecule has 0 unspecified atom stereocenters. The number of aliphatic hydroxyl groups is 2. The van der Waals surface area contributed by atoms with Crippen molar-refractivity contribution in [3.8, 4) is 40.9 Å². The van der Waals surface area contributed by atoms with Gasteiger partial charge < -0.3 is 40.6 Å². The van der Waals surface area contributed by atoms with E-state index in [-0.39, 0.29) is 51.5 Å². The highest BCUT2D eigenvalue weighted by atomic mass is 16.7. The van der Waals surface area contributed by atoms with Gasteiger partial charge in [0.1, 0.15) is 23.3 Å². The summed E-state index contributed by atoms with van der Waals surface area (Å²) in [6.45, 7) is 1.47. The molecular formula is C29H24N2O8. The maximum atomic E-state index is 14.1. The summed E-state index contributed by atoms with van der Waals surface area (Å²) < 4.78 is 17.1. The monoisotopic (exact) mass is 528 g/mol. The van der Waals surface area contributed by atoms with Crippen molar-refractivity contribution < 1.29 is 39.1 Å². The second kappa shape index (κ2) is 8.34. The van der Waals surface area contributed by atoms with Crippen LogP contribution in [0.5, 0.6) is 17.2 Å². The zero-order valence-corrected chi connectivity index (χ0v) is 21.2. The van der Waals surface area contributed by atoms with E-state index in [1.807, 2.05) is 0 Å². The quantitative estimate of drug-likeness (QED) is 0.185. The van der Waals surface area contributed by atoms with Crippen molar-refractivity contribution in [3.05, 3.63) is 57.7 Å². The molecule has 10 nitrogen and oxygen atoms in total. The molecule has 6 rings (SSSR count). The number of phenolic OH excluding ortho intramolecular Hbond substituents is 1. The molecule has 1 fully saturated rings. The van der Waals surface area contributed by atoms with E-state index in [1.54, 1.807) is 0 Å². The SMILES string of the molecule is COc1cc2c(c(OC)c1CN)C(=O)c1c(O)cc3c(c1C2=O)N[C@H]1C#C/C=C\C#C[C@H](O)[C@@]32O[C@@]12[C@@H](C)O. The Hall–Kier alpha value is -4.32. The van der Waals surface area contributed by atoms with Gasteiger partial charge in [-0.3, -0.25) is 9.59 Å². The number of anilines is 1. The number of aliphatic hydroxyl groups excluding tert-OH is 2. The number of epoxide rings is 1. The number of ketones is 2. The minimum atomic E-state index is -1.64. The fourth-order valence-corrected chi connectivity index (χ4v) is 6.18. The Morgan fingerprint density at radius 3 is 2.46 bits per heavy atom. The summed E-state index contributed by atoms with van der Waals surface area (Å²) in [5.74, 6) is 9.82. The minimum Gasteiger partial charge on any atom is -0.507 e. The molecule has 1 saturated heterocycles. The van der Waals surface area contributed by atoms with Crippen LogP contribution in [-0.2, 0) is 16.9 Å². The first-order valence-corrected chi connectivity index (χ1v) is 12.2. The first-order chi connectivity index (χ1) is 18.7. The molecule has 2 heterocycles. The predicted molar refractivity (Wildman–Crippen MR) is 138 cm³/mol. The van der Waals surface area contributed by atoms with Gasteiger partial charge in [0.05, 0.1) is 48.3 Å². The maximum Gasteiger partial charge on any atom is 0.202 e. The topological polar surface area (TPSA) is 164 Å². The first kappa shape index (κ1) is 25.0. The number of hydrogen-bond acceptors (Lipinski definition) is 10. The van der Waals surface area contributed by atoms with Gasteiger partial charge in [0.15, 0.2) is 23.1 Å².